The summed E-state index contributed by atoms with van der Waals surface area (Å²) in [6, 6.07) is 6.08. The predicted octanol–water partition coefficient (Wildman–Crippen LogP) is 4.29. The van der Waals surface area contributed by atoms with Crippen LogP contribution in [0.4, 0.5) is 0 Å². The molecule has 1 aromatic carbocycles. The first-order valence-electron chi connectivity index (χ1n) is 7.49. The zero-order valence-corrected chi connectivity index (χ0v) is 14.2. The van der Waals surface area contributed by atoms with Crippen LogP contribution in [0.25, 0.3) is 10.9 Å². The summed E-state index contributed by atoms with van der Waals surface area (Å²) in [7, 11) is 1.89. The van der Waals surface area contributed by atoms with Gasteiger partial charge in [0.1, 0.15) is 0 Å². The maximum atomic E-state index is 12.7. The molecule has 1 heterocycles. The molecule has 0 saturated carbocycles. The van der Waals surface area contributed by atoms with Crippen molar-refractivity contribution in [2.75, 3.05) is 7.05 Å². The first-order chi connectivity index (χ1) is 9.62. The first kappa shape index (κ1) is 15.6. The maximum absolute atomic E-state index is 12.7. The largest absolute Gasteiger partial charge is 0.358 e. The van der Waals surface area contributed by atoms with Crippen molar-refractivity contribution in [1.82, 2.24) is 9.88 Å². The third-order valence-electron chi connectivity index (χ3n) is 4.71. The zero-order chi connectivity index (χ0) is 15.9. The highest BCUT2D eigenvalue weighted by molar-refractivity contribution is 5.99. The Morgan fingerprint density at radius 3 is 2.43 bits per heavy atom. The van der Waals surface area contributed by atoms with Crippen molar-refractivity contribution in [2.45, 2.75) is 47.6 Å². The Kier molecular flexibility index (Phi) is 3.87. The molecule has 0 aliphatic heterocycles. The van der Waals surface area contributed by atoms with Gasteiger partial charge in [0.05, 0.1) is 0 Å². The number of hydrogen-bond acceptors (Lipinski definition) is 1. The molecule has 0 radical (unpaired) electrons. The summed E-state index contributed by atoms with van der Waals surface area (Å²) in [6.45, 7) is 12.7. The number of carbonyl (C=O) groups excluding carboxylic acids is 1. The Morgan fingerprint density at radius 1 is 1.24 bits per heavy atom. The molecule has 1 aromatic heterocycles. The Labute approximate surface area is 127 Å². The van der Waals surface area contributed by atoms with Crippen LogP contribution in [0.3, 0.4) is 0 Å². The van der Waals surface area contributed by atoms with Gasteiger partial charge in [0, 0.05) is 35.2 Å². The number of carbonyl (C=O) groups is 1. The fraction of sp³-hybridized carbons (Fsp3) is 0.500. The molecule has 2 rings (SSSR count). The van der Waals surface area contributed by atoms with Crippen molar-refractivity contribution < 1.29 is 4.79 Å². The molecule has 0 spiro atoms. The number of hydrogen-bond donors (Lipinski definition) is 1. The zero-order valence-electron chi connectivity index (χ0n) is 14.2. The van der Waals surface area contributed by atoms with Gasteiger partial charge < -0.3 is 9.88 Å². The molecule has 21 heavy (non-hydrogen) atoms. The normalized spacial score (nSPS) is 13.5. The Bertz CT molecular complexity index is 676. The van der Waals surface area contributed by atoms with Crippen LogP contribution in [0, 0.1) is 19.3 Å². The van der Waals surface area contributed by atoms with Crippen LogP contribution in [0.2, 0.25) is 0 Å². The Hall–Kier alpha value is -1.77. The van der Waals surface area contributed by atoms with E-state index < -0.39 is 0 Å². The van der Waals surface area contributed by atoms with Gasteiger partial charge in [-0.3, -0.25) is 4.79 Å². The molecule has 1 amide bonds. The molecular weight excluding hydrogens is 260 g/mol. The number of aromatic nitrogens is 1. The second-order valence-electron chi connectivity index (χ2n) is 7.09. The quantitative estimate of drug-likeness (QED) is 0.878. The van der Waals surface area contributed by atoms with Gasteiger partial charge in [-0.05, 0) is 49.9 Å². The fourth-order valence-electron chi connectivity index (χ4n) is 2.55. The van der Waals surface area contributed by atoms with Crippen molar-refractivity contribution in [2.24, 2.45) is 5.41 Å². The highest BCUT2D eigenvalue weighted by Crippen LogP contribution is 2.26. The number of nitrogens with one attached hydrogen (secondary N) is 1. The van der Waals surface area contributed by atoms with Gasteiger partial charge in [-0.2, -0.15) is 0 Å². The Morgan fingerprint density at radius 2 is 1.86 bits per heavy atom. The molecule has 1 unspecified atom stereocenters. The van der Waals surface area contributed by atoms with Crippen LogP contribution in [-0.4, -0.2) is 28.9 Å². The number of aryl methyl sites for hydroxylation is 2. The average Bonchev–Trinajstić information content (AvgIpc) is 2.70. The van der Waals surface area contributed by atoms with Gasteiger partial charge in [0.15, 0.2) is 0 Å². The minimum Gasteiger partial charge on any atom is -0.358 e. The van der Waals surface area contributed by atoms with Gasteiger partial charge in [-0.25, -0.2) is 0 Å². The van der Waals surface area contributed by atoms with E-state index in [1.54, 1.807) is 0 Å². The summed E-state index contributed by atoms with van der Waals surface area (Å²) in [6.07, 6.45) is 0. The molecule has 0 fully saturated rings. The second-order valence-corrected chi connectivity index (χ2v) is 7.09. The summed E-state index contributed by atoms with van der Waals surface area (Å²) in [5, 5.41) is 1.13. The molecule has 3 heteroatoms. The fourth-order valence-corrected chi connectivity index (χ4v) is 2.55. The molecular formula is C18H26N2O. The van der Waals surface area contributed by atoms with Crippen LogP contribution >= 0.6 is 0 Å². The van der Waals surface area contributed by atoms with E-state index in [9.17, 15) is 4.79 Å². The lowest BCUT2D eigenvalue weighted by Crippen LogP contribution is -2.42. The minimum atomic E-state index is 0.0646. The third-order valence-corrected chi connectivity index (χ3v) is 4.71. The lowest BCUT2D eigenvalue weighted by Gasteiger charge is -2.35. The van der Waals surface area contributed by atoms with Crippen LogP contribution < -0.4 is 0 Å². The summed E-state index contributed by atoms with van der Waals surface area (Å²) < 4.78 is 0. The molecule has 0 saturated heterocycles. The van der Waals surface area contributed by atoms with E-state index in [2.05, 4.69) is 46.5 Å². The van der Waals surface area contributed by atoms with Crippen LogP contribution in [-0.2, 0) is 0 Å². The molecule has 3 nitrogen and oxygen atoms in total. The lowest BCUT2D eigenvalue weighted by molar-refractivity contribution is 0.0629. The van der Waals surface area contributed by atoms with Gasteiger partial charge in [-0.1, -0.05) is 20.8 Å². The number of nitrogens with zero attached hydrogens (tertiary/aromatic N) is 1. The number of aromatic amines is 1. The summed E-state index contributed by atoms with van der Waals surface area (Å²) >= 11 is 0. The molecule has 2 aromatic rings. The van der Waals surface area contributed by atoms with Crippen molar-refractivity contribution in [3.05, 3.63) is 35.0 Å². The van der Waals surface area contributed by atoms with Gasteiger partial charge in [-0.15, -0.1) is 0 Å². The molecule has 0 aliphatic carbocycles. The second kappa shape index (κ2) is 5.21. The van der Waals surface area contributed by atoms with Crippen molar-refractivity contribution >= 4 is 16.8 Å². The monoisotopic (exact) mass is 286 g/mol. The van der Waals surface area contributed by atoms with E-state index in [4.69, 9.17) is 0 Å². The standard InChI is InChI=1S/C18H26N2O/c1-11-12(2)19-16-9-8-14(10-15(11)16)17(21)20(7)13(3)18(4,5)6/h8-10,13,19H,1-7H3. The van der Waals surface area contributed by atoms with Crippen LogP contribution in [0.15, 0.2) is 18.2 Å². The molecule has 0 bridgehead atoms. The molecule has 1 atom stereocenters. The van der Waals surface area contributed by atoms with E-state index >= 15 is 0 Å². The maximum Gasteiger partial charge on any atom is 0.253 e. The van der Waals surface area contributed by atoms with E-state index in [1.807, 2.05) is 30.1 Å². The SMILES string of the molecule is Cc1[nH]c2ccc(C(=O)N(C)C(C)C(C)(C)C)cc2c1C. The minimum absolute atomic E-state index is 0.0646. The van der Waals surface area contributed by atoms with Gasteiger partial charge in [0.25, 0.3) is 5.91 Å². The molecule has 1 N–H and O–H groups in total. The van der Waals surface area contributed by atoms with Crippen molar-refractivity contribution in [3.8, 4) is 0 Å². The van der Waals surface area contributed by atoms with E-state index in [0.29, 0.717) is 0 Å². The summed E-state index contributed by atoms with van der Waals surface area (Å²) in [5.74, 6) is 0.0811. The number of fused-ring (bicyclic) bond motifs is 1. The first-order valence-corrected chi connectivity index (χ1v) is 7.49. The average molecular weight is 286 g/mol. The number of H-pyrrole nitrogens is 1. The molecule has 0 aliphatic rings. The van der Waals surface area contributed by atoms with Crippen molar-refractivity contribution in [3.63, 3.8) is 0 Å². The number of benzene rings is 1. The van der Waals surface area contributed by atoms with Crippen molar-refractivity contribution in [1.29, 1.82) is 0 Å². The Balaban J connectivity index is 2.37. The highest BCUT2D eigenvalue weighted by atomic mass is 16.2. The van der Waals surface area contributed by atoms with Gasteiger partial charge in [0.2, 0.25) is 0 Å². The predicted molar refractivity (Wildman–Crippen MR) is 88.8 cm³/mol. The third kappa shape index (κ3) is 2.82. The van der Waals surface area contributed by atoms with Gasteiger partial charge >= 0.3 is 0 Å². The summed E-state index contributed by atoms with van der Waals surface area (Å²) in [4.78, 5) is 17.9. The number of amides is 1. The summed E-state index contributed by atoms with van der Waals surface area (Å²) in [5.41, 5.74) is 4.28. The van der Waals surface area contributed by atoms with Crippen LogP contribution in [0.5, 0.6) is 0 Å². The molecule has 114 valence electrons. The smallest absolute Gasteiger partial charge is 0.253 e. The van der Waals surface area contributed by atoms with E-state index in [1.165, 1.54) is 5.56 Å². The highest BCUT2D eigenvalue weighted by Gasteiger charge is 2.27. The topological polar surface area (TPSA) is 36.1 Å². The van der Waals surface area contributed by atoms with E-state index in [0.717, 1.165) is 22.2 Å². The van der Waals surface area contributed by atoms with Crippen LogP contribution in [0.1, 0.15) is 49.3 Å². The van der Waals surface area contributed by atoms with E-state index in [-0.39, 0.29) is 17.4 Å². The lowest BCUT2D eigenvalue weighted by atomic mass is 9.87. The number of rotatable bonds is 2.